The molecule has 1 N–H and O–H groups in total. The first-order valence-electron chi connectivity index (χ1n) is 9.51. The Labute approximate surface area is 174 Å². The molecule has 1 unspecified atom stereocenters. The van der Waals surface area contributed by atoms with Crippen molar-refractivity contribution in [2.75, 3.05) is 13.7 Å². The first-order valence-corrected chi connectivity index (χ1v) is 9.89. The van der Waals surface area contributed by atoms with E-state index in [2.05, 4.69) is 11.9 Å². The van der Waals surface area contributed by atoms with Crippen LogP contribution in [0.25, 0.3) is 5.76 Å². The number of ketones is 1. The molecular weight excluding hydrogens is 392 g/mol. The van der Waals surface area contributed by atoms with Crippen molar-refractivity contribution in [2.45, 2.75) is 32.2 Å². The second-order valence-electron chi connectivity index (χ2n) is 6.83. The molecule has 1 saturated heterocycles. The van der Waals surface area contributed by atoms with Crippen LogP contribution in [0.5, 0.6) is 5.75 Å². The Kier molecular flexibility index (Phi) is 6.54. The van der Waals surface area contributed by atoms with E-state index in [-0.39, 0.29) is 11.3 Å². The minimum atomic E-state index is -0.699. The molecule has 0 saturated carbocycles. The molecule has 2 aromatic rings. The smallest absolute Gasteiger partial charge is 0.295 e. The number of nitrogens with zero attached hydrogens (tertiary/aromatic N) is 2. The maximum atomic E-state index is 12.9. The summed E-state index contributed by atoms with van der Waals surface area (Å²) in [6.45, 7) is 2.51. The number of aliphatic hydroxyl groups is 1. The summed E-state index contributed by atoms with van der Waals surface area (Å²) < 4.78 is 5.21. The molecule has 29 heavy (non-hydrogen) atoms. The number of aromatic nitrogens is 1. The lowest BCUT2D eigenvalue weighted by molar-refractivity contribution is -0.139. The van der Waals surface area contributed by atoms with Crippen molar-refractivity contribution in [2.24, 2.45) is 0 Å². The van der Waals surface area contributed by atoms with Gasteiger partial charge in [-0.1, -0.05) is 31.4 Å². The molecule has 3 rings (SSSR count). The zero-order chi connectivity index (χ0) is 21.0. The van der Waals surface area contributed by atoms with Gasteiger partial charge in [-0.25, -0.2) is 0 Å². The van der Waals surface area contributed by atoms with Crippen molar-refractivity contribution < 1.29 is 19.4 Å². The van der Waals surface area contributed by atoms with Gasteiger partial charge in [0.15, 0.2) is 0 Å². The van der Waals surface area contributed by atoms with Gasteiger partial charge in [0.25, 0.3) is 11.7 Å². The molecule has 1 fully saturated rings. The summed E-state index contributed by atoms with van der Waals surface area (Å²) in [7, 11) is 1.47. The number of benzene rings is 1. The van der Waals surface area contributed by atoms with E-state index < -0.39 is 17.7 Å². The number of hydrogen-bond acceptors (Lipinski definition) is 5. The van der Waals surface area contributed by atoms with Crippen molar-refractivity contribution in [3.63, 3.8) is 0 Å². The molecule has 0 spiro atoms. The molecule has 0 bridgehead atoms. The number of amides is 1. The van der Waals surface area contributed by atoms with Gasteiger partial charge in [-0.3, -0.25) is 14.6 Å². The van der Waals surface area contributed by atoms with Crippen LogP contribution in [0, 0.1) is 0 Å². The predicted molar refractivity (Wildman–Crippen MR) is 111 cm³/mol. The highest BCUT2D eigenvalue weighted by Gasteiger charge is 2.45. The second-order valence-corrected chi connectivity index (χ2v) is 7.24. The monoisotopic (exact) mass is 414 g/mol. The number of hydrogen-bond donors (Lipinski definition) is 1. The molecule has 1 aliphatic heterocycles. The fourth-order valence-electron chi connectivity index (χ4n) is 3.50. The van der Waals surface area contributed by atoms with E-state index in [0.29, 0.717) is 22.9 Å². The summed E-state index contributed by atoms with van der Waals surface area (Å²) in [6.07, 6.45) is 5.93. The SMILES string of the molecule is CCCCCN1C(=O)C(=O)/C(=C(\O)c2ccc(Cl)c(OC)c2)C1c1ccncc1. The average Bonchev–Trinajstić information content (AvgIpc) is 2.99. The van der Waals surface area contributed by atoms with Crippen LogP contribution in [0.1, 0.15) is 43.4 Å². The molecule has 0 radical (unpaired) electrons. The van der Waals surface area contributed by atoms with E-state index in [0.717, 1.165) is 24.8 Å². The number of ether oxygens (including phenoxy) is 1. The third-order valence-electron chi connectivity index (χ3n) is 4.99. The lowest BCUT2D eigenvalue weighted by Crippen LogP contribution is -2.30. The summed E-state index contributed by atoms with van der Waals surface area (Å²) in [5.41, 5.74) is 1.14. The Balaban J connectivity index is 2.12. The molecule has 7 heteroatoms. The molecule has 2 heterocycles. The van der Waals surface area contributed by atoms with Crippen LogP contribution in [0.2, 0.25) is 5.02 Å². The Hall–Kier alpha value is -2.86. The topological polar surface area (TPSA) is 79.7 Å². The Bertz CT molecular complexity index is 943. The van der Waals surface area contributed by atoms with Gasteiger partial charge in [0.1, 0.15) is 11.5 Å². The lowest BCUT2D eigenvalue weighted by atomic mass is 9.96. The fraction of sp³-hybridized carbons (Fsp3) is 0.318. The van der Waals surface area contributed by atoms with E-state index in [1.807, 2.05) is 0 Å². The quantitative estimate of drug-likeness (QED) is 0.315. The van der Waals surface area contributed by atoms with Gasteiger partial charge in [0.05, 0.1) is 23.7 Å². The molecule has 1 amide bonds. The summed E-state index contributed by atoms with van der Waals surface area (Å²) in [5, 5.41) is 11.4. The minimum Gasteiger partial charge on any atom is -0.507 e. The van der Waals surface area contributed by atoms with Crippen LogP contribution in [-0.2, 0) is 9.59 Å². The zero-order valence-electron chi connectivity index (χ0n) is 16.4. The number of methoxy groups -OCH3 is 1. The van der Waals surface area contributed by atoms with Crippen LogP contribution >= 0.6 is 11.6 Å². The number of halogens is 1. The number of rotatable bonds is 7. The molecule has 6 nitrogen and oxygen atoms in total. The van der Waals surface area contributed by atoms with E-state index in [9.17, 15) is 14.7 Å². The maximum absolute atomic E-state index is 12.9. The summed E-state index contributed by atoms with van der Waals surface area (Å²) in [6, 6.07) is 7.54. The highest BCUT2D eigenvalue weighted by atomic mass is 35.5. The minimum absolute atomic E-state index is 0.0575. The van der Waals surface area contributed by atoms with Gasteiger partial charge >= 0.3 is 0 Å². The van der Waals surface area contributed by atoms with Crippen molar-refractivity contribution in [3.8, 4) is 5.75 Å². The van der Waals surface area contributed by atoms with Crippen LogP contribution in [-0.4, -0.2) is 40.3 Å². The van der Waals surface area contributed by atoms with Crippen LogP contribution in [0.4, 0.5) is 0 Å². The first-order chi connectivity index (χ1) is 14.0. The number of pyridine rings is 1. The molecule has 1 atom stereocenters. The number of aliphatic hydroxyl groups excluding tert-OH is 1. The summed E-state index contributed by atoms with van der Waals surface area (Å²) >= 11 is 6.07. The van der Waals surface area contributed by atoms with Gasteiger partial charge in [-0.15, -0.1) is 0 Å². The first kappa shape index (κ1) is 20.9. The zero-order valence-corrected chi connectivity index (χ0v) is 17.1. The van der Waals surface area contributed by atoms with Crippen molar-refractivity contribution >= 4 is 29.1 Å². The molecular formula is C22H23ClN2O4. The van der Waals surface area contributed by atoms with Gasteiger partial charge < -0.3 is 14.7 Å². The third kappa shape index (κ3) is 4.12. The molecule has 152 valence electrons. The largest absolute Gasteiger partial charge is 0.507 e. The van der Waals surface area contributed by atoms with Gasteiger partial charge in [0.2, 0.25) is 0 Å². The van der Waals surface area contributed by atoms with E-state index in [4.69, 9.17) is 16.3 Å². The van der Waals surface area contributed by atoms with E-state index in [1.165, 1.54) is 12.0 Å². The fourth-order valence-corrected chi connectivity index (χ4v) is 3.69. The predicted octanol–water partition coefficient (Wildman–Crippen LogP) is 4.36. The van der Waals surface area contributed by atoms with Crippen LogP contribution in [0.15, 0.2) is 48.3 Å². The number of likely N-dealkylation sites (tertiary alicyclic amines) is 1. The van der Waals surface area contributed by atoms with Gasteiger partial charge in [-0.2, -0.15) is 0 Å². The molecule has 1 aliphatic rings. The Morgan fingerprint density at radius 2 is 1.93 bits per heavy atom. The third-order valence-corrected chi connectivity index (χ3v) is 5.30. The number of carbonyl (C=O) groups is 2. The van der Waals surface area contributed by atoms with Crippen molar-refractivity contribution in [1.29, 1.82) is 0 Å². The van der Waals surface area contributed by atoms with Crippen molar-refractivity contribution in [3.05, 3.63) is 64.4 Å². The van der Waals surface area contributed by atoms with Crippen LogP contribution < -0.4 is 4.74 Å². The van der Waals surface area contributed by atoms with Gasteiger partial charge in [-0.05, 0) is 42.3 Å². The second kappa shape index (κ2) is 9.09. The summed E-state index contributed by atoms with van der Waals surface area (Å²) in [4.78, 5) is 31.2. The summed E-state index contributed by atoms with van der Waals surface area (Å²) in [5.74, 6) is -1.19. The Morgan fingerprint density at radius 1 is 1.21 bits per heavy atom. The van der Waals surface area contributed by atoms with Gasteiger partial charge in [0, 0.05) is 24.5 Å². The molecule has 0 aliphatic carbocycles. The van der Waals surface area contributed by atoms with E-state index in [1.54, 1.807) is 42.7 Å². The average molecular weight is 415 g/mol. The number of carbonyl (C=O) groups excluding carboxylic acids is 2. The molecule has 1 aromatic carbocycles. The van der Waals surface area contributed by atoms with E-state index >= 15 is 0 Å². The number of Topliss-reactive ketones (excluding diaryl/α,β-unsaturated/α-hetero) is 1. The maximum Gasteiger partial charge on any atom is 0.295 e. The highest BCUT2D eigenvalue weighted by molar-refractivity contribution is 6.46. The highest BCUT2D eigenvalue weighted by Crippen LogP contribution is 2.40. The number of unbranched alkanes of at least 4 members (excludes halogenated alkanes) is 2. The van der Waals surface area contributed by atoms with Crippen LogP contribution in [0.3, 0.4) is 0 Å². The lowest BCUT2D eigenvalue weighted by Gasteiger charge is -2.25. The van der Waals surface area contributed by atoms with Crippen molar-refractivity contribution in [1.82, 2.24) is 9.88 Å². The molecule has 1 aromatic heterocycles. The normalized spacial score (nSPS) is 18.3. The Morgan fingerprint density at radius 3 is 2.59 bits per heavy atom. The standard InChI is InChI=1S/C22H23ClN2O4/c1-3-4-5-12-25-19(14-8-10-24-11-9-14)18(21(27)22(25)28)20(26)15-6-7-16(23)17(13-15)29-2/h6-11,13,19,26H,3-5,12H2,1-2H3/b20-18-.